The lowest BCUT2D eigenvalue weighted by Gasteiger charge is -2.15. The van der Waals surface area contributed by atoms with E-state index in [2.05, 4.69) is 4.74 Å². The average molecular weight is 276 g/mol. The average Bonchev–Trinajstić information content (AvgIpc) is 2.33. The first-order valence-electron chi connectivity index (χ1n) is 5.42. The molecule has 7 heteroatoms. The monoisotopic (exact) mass is 276 g/mol. The Kier molecular flexibility index (Phi) is 6.17. The second-order valence-corrected chi connectivity index (χ2v) is 3.53. The predicted octanol–water partition coefficient (Wildman–Crippen LogP) is 2.08. The zero-order chi connectivity index (χ0) is 14.3. The van der Waals surface area contributed by atoms with E-state index in [4.69, 9.17) is 14.6 Å². The molecule has 1 N–H and O–H groups in total. The molecule has 0 amide bonds. The highest BCUT2D eigenvalue weighted by molar-refractivity contribution is 5.74. The van der Waals surface area contributed by atoms with Crippen molar-refractivity contribution in [2.45, 2.75) is 12.7 Å². The Morgan fingerprint density at radius 3 is 2.68 bits per heavy atom. The van der Waals surface area contributed by atoms with Crippen molar-refractivity contribution in [3.63, 3.8) is 0 Å². The Labute approximate surface area is 108 Å². The SMILES string of the molecule is COCCOC(C(=O)O)c1cccc(OC(F)F)c1. The molecule has 0 heterocycles. The number of alkyl halides is 2. The summed E-state index contributed by atoms with van der Waals surface area (Å²) < 4.78 is 38.2. The smallest absolute Gasteiger partial charge is 0.387 e. The largest absolute Gasteiger partial charge is 0.479 e. The van der Waals surface area contributed by atoms with E-state index in [1.807, 2.05) is 0 Å². The highest BCUT2D eigenvalue weighted by atomic mass is 19.3. The number of carboxylic acids is 1. The standard InChI is InChI=1S/C12H14F2O5/c1-17-5-6-18-10(11(15)16)8-3-2-4-9(7-8)19-12(13)14/h2-4,7,10,12H,5-6H2,1H3,(H,15,16). The van der Waals surface area contributed by atoms with Gasteiger partial charge in [0.05, 0.1) is 13.2 Å². The number of hydrogen-bond donors (Lipinski definition) is 1. The molecular formula is C12H14F2O5. The number of carboxylic acid groups (broad SMARTS) is 1. The van der Waals surface area contributed by atoms with Crippen LogP contribution in [0.5, 0.6) is 5.75 Å². The van der Waals surface area contributed by atoms with Crippen LogP contribution < -0.4 is 4.74 Å². The molecule has 0 fully saturated rings. The normalized spacial score (nSPS) is 12.4. The van der Waals surface area contributed by atoms with Crippen molar-refractivity contribution in [2.24, 2.45) is 0 Å². The van der Waals surface area contributed by atoms with Crippen LogP contribution in [-0.2, 0) is 14.3 Å². The maximum Gasteiger partial charge on any atom is 0.387 e. The molecule has 0 radical (unpaired) electrons. The summed E-state index contributed by atoms with van der Waals surface area (Å²) >= 11 is 0. The van der Waals surface area contributed by atoms with E-state index < -0.39 is 18.7 Å². The summed E-state index contributed by atoms with van der Waals surface area (Å²) in [4.78, 5) is 11.1. The van der Waals surface area contributed by atoms with Gasteiger partial charge in [-0.25, -0.2) is 4.79 Å². The van der Waals surface area contributed by atoms with Gasteiger partial charge >= 0.3 is 12.6 Å². The fourth-order valence-electron chi connectivity index (χ4n) is 1.41. The molecule has 1 unspecified atom stereocenters. The summed E-state index contributed by atoms with van der Waals surface area (Å²) in [7, 11) is 1.45. The predicted molar refractivity (Wildman–Crippen MR) is 61.3 cm³/mol. The number of methoxy groups -OCH3 is 1. The second kappa shape index (κ2) is 7.65. The highest BCUT2D eigenvalue weighted by Gasteiger charge is 2.21. The van der Waals surface area contributed by atoms with E-state index in [0.717, 1.165) is 0 Å². The molecule has 0 spiro atoms. The van der Waals surface area contributed by atoms with E-state index in [9.17, 15) is 13.6 Å². The fourth-order valence-corrected chi connectivity index (χ4v) is 1.41. The third-order valence-corrected chi connectivity index (χ3v) is 2.18. The van der Waals surface area contributed by atoms with Gasteiger partial charge in [0.1, 0.15) is 5.75 Å². The van der Waals surface area contributed by atoms with Gasteiger partial charge in [0.25, 0.3) is 0 Å². The third-order valence-electron chi connectivity index (χ3n) is 2.18. The molecule has 19 heavy (non-hydrogen) atoms. The number of ether oxygens (including phenoxy) is 3. The molecule has 0 saturated carbocycles. The molecule has 0 aliphatic rings. The van der Waals surface area contributed by atoms with Gasteiger partial charge in [-0.15, -0.1) is 0 Å². The Bertz CT molecular complexity index is 411. The molecule has 1 aromatic rings. The molecule has 0 aromatic heterocycles. The Balaban J connectivity index is 2.80. The molecule has 0 aliphatic carbocycles. The van der Waals surface area contributed by atoms with Crippen molar-refractivity contribution in [3.05, 3.63) is 29.8 Å². The van der Waals surface area contributed by atoms with Crippen LogP contribution in [0.4, 0.5) is 8.78 Å². The minimum atomic E-state index is -2.96. The molecule has 1 rings (SSSR count). The van der Waals surface area contributed by atoms with Crippen LogP contribution in [-0.4, -0.2) is 38.0 Å². The first-order chi connectivity index (χ1) is 9.04. The summed E-state index contributed by atoms with van der Waals surface area (Å²) in [6.45, 7) is -2.65. The van der Waals surface area contributed by atoms with E-state index in [1.165, 1.54) is 31.4 Å². The number of benzene rings is 1. The van der Waals surface area contributed by atoms with Gasteiger partial charge in [-0.1, -0.05) is 12.1 Å². The van der Waals surface area contributed by atoms with Crippen LogP contribution in [0.2, 0.25) is 0 Å². The Morgan fingerprint density at radius 1 is 1.37 bits per heavy atom. The van der Waals surface area contributed by atoms with Gasteiger partial charge in [-0.2, -0.15) is 8.78 Å². The molecule has 5 nitrogen and oxygen atoms in total. The van der Waals surface area contributed by atoms with Crippen molar-refractivity contribution in [1.29, 1.82) is 0 Å². The number of rotatable bonds is 8. The zero-order valence-corrected chi connectivity index (χ0v) is 10.2. The van der Waals surface area contributed by atoms with Crippen molar-refractivity contribution >= 4 is 5.97 Å². The minimum Gasteiger partial charge on any atom is -0.479 e. The van der Waals surface area contributed by atoms with Crippen LogP contribution in [0.15, 0.2) is 24.3 Å². The summed E-state index contributed by atoms with van der Waals surface area (Å²) in [5.41, 5.74) is 0.224. The van der Waals surface area contributed by atoms with Crippen LogP contribution in [0.25, 0.3) is 0 Å². The van der Waals surface area contributed by atoms with Gasteiger partial charge in [0, 0.05) is 7.11 Å². The summed E-state index contributed by atoms with van der Waals surface area (Å²) in [5, 5.41) is 9.04. The topological polar surface area (TPSA) is 65.0 Å². The number of carbonyl (C=O) groups is 1. The molecule has 1 aromatic carbocycles. The van der Waals surface area contributed by atoms with E-state index in [1.54, 1.807) is 0 Å². The van der Waals surface area contributed by atoms with Crippen molar-refractivity contribution in [2.75, 3.05) is 20.3 Å². The Hall–Kier alpha value is -1.73. The summed E-state index contributed by atoms with van der Waals surface area (Å²) in [5.74, 6) is -1.33. The quantitative estimate of drug-likeness (QED) is 0.736. The van der Waals surface area contributed by atoms with Crippen LogP contribution in [0.3, 0.4) is 0 Å². The van der Waals surface area contributed by atoms with Gasteiger partial charge in [0.2, 0.25) is 0 Å². The van der Waals surface area contributed by atoms with E-state index >= 15 is 0 Å². The molecular weight excluding hydrogens is 262 g/mol. The van der Waals surface area contributed by atoms with Gasteiger partial charge in [-0.05, 0) is 17.7 Å². The lowest BCUT2D eigenvalue weighted by Crippen LogP contribution is -2.17. The van der Waals surface area contributed by atoms with Gasteiger partial charge in [0.15, 0.2) is 6.10 Å². The maximum absolute atomic E-state index is 12.1. The molecule has 0 bridgehead atoms. The maximum atomic E-state index is 12.1. The minimum absolute atomic E-state index is 0.0768. The lowest BCUT2D eigenvalue weighted by molar-refractivity contribution is -0.151. The number of halogens is 2. The lowest BCUT2D eigenvalue weighted by atomic mass is 10.1. The van der Waals surface area contributed by atoms with Crippen molar-refractivity contribution < 1.29 is 32.9 Å². The van der Waals surface area contributed by atoms with Crippen LogP contribution in [0, 0.1) is 0 Å². The summed E-state index contributed by atoms with van der Waals surface area (Å²) in [6, 6.07) is 5.40. The van der Waals surface area contributed by atoms with Crippen molar-refractivity contribution in [3.8, 4) is 5.75 Å². The van der Waals surface area contributed by atoms with Crippen LogP contribution in [0.1, 0.15) is 11.7 Å². The molecule has 0 saturated heterocycles. The molecule has 0 aliphatic heterocycles. The third kappa shape index (κ3) is 5.19. The molecule has 1 atom stereocenters. The number of hydrogen-bond acceptors (Lipinski definition) is 4. The van der Waals surface area contributed by atoms with Crippen molar-refractivity contribution in [1.82, 2.24) is 0 Å². The first kappa shape index (κ1) is 15.3. The zero-order valence-electron chi connectivity index (χ0n) is 10.2. The van der Waals surface area contributed by atoms with Gasteiger partial charge < -0.3 is 19.3 Å². The number of aliphatic carboxylic acids is 1. The Morgan fingerprint density at radius 2 is 2.11 bits per heavy atom. The van der Waals surface area contributed by atoms with E-state index in [-0.39, 0.29) is 24.5 Å². The fraction of sp³-hybridized carbons (Fsp3) is 0.417. The first-order valence-corrected chi connectivity index (χ1v) is 5.42. The second-order valence-electron chi connectivity index (χ2n) is 3.53. The van der Waals surface area contributed by atoms with E-state index in [0.29, 0.717) is 0 Å². The summed E-state index contributed by atoms with van der Waals surface area (Å²) in [6.07, 6.45) is -1.25. The van der Waals surface area contributed by atoms with Gasteiger partial charge in [-0.3, -0.25) is 0 Å². The van der Waals surface area contributed by atoms with Crippen LogP contribution >= 0.6 is 0 Å². The highest BCUT2D eigenvalue weighted by Crippen LogP contribution is 2.23. The molecule has 106 valence electrons.